The van der Waals surface area contributed by atoms with Gasteiger partial charge in [-0.15, -0.1) is 0 Å². The molecule has 2 unspecified atom stereocenters. The third kappa shape index (κ3) is 3.21. The Hall–Kier alpha value is -0.570. The molecule has 0 radical (unpaired) electrons. The van der Waals surface area contributed by atoms with Crippen molar-refractivity contribution < 1.29 is 4.79 Å². The summed E-state index contributed by atoms with van der Waals surface area (Å²) in [6, 6.07) is 0.350. The van der Waals surface area contributed by atoms with Crippen LogP contribution in [-0.2, 0) is 4.79 Å². The van der Waals surface area contributed by atoms with Crippen LogP contribution in [0.5, 0.6) is 0 Å². The second-order valence-electron chi connectivity index (χ2n) is 5.63. The first-order valence-electron chi connectivity index (χ1n) is 6.40. The van der Waals surface area contributed by atoms with Crippen LogP contribution in [-0.4, -0.2) is 37.0 Å². The fraction of sp³-hybridized carbons (Fsp3) is 0.923. The smallest absolute Gasteiger partial charge is 0.225 e. The van der Waals surface area contributed by atoms with Crippen molar-refractivity contribution in [3.05, 3.63) is 0 Å². The van der Waals surface area contributed by atoms with Gasteiger partial charge in [0.25, 0.3) is 0 Å². The summed E-state index contributed by atoms with van der Waals surface area (Å²) in [5.74, 6) is 1.66. The van der Waals surface area contributed by atoms with Crippen LogP contribution in [0, 0.1) is 17.8 Å². The molecule has 16 heavy (non-hydrogen) atoms. The third-order valence-electron chi connectivity index (χ3n) is 3.73. The zero-order chi connectivity index (χ0) is 12.3. The number of hydrogen-bond donors (Lipinski definition) is 1. The second-order valence-corrected chi connectivity index (χ2v) is 5.63. The Bertz CT molecular complexity index is 236. The molecule has 1 aliphatic heterocycles. The molecular formula is C13H26N2O. The molecule has 1 rings (SSSR count). The van der Waals surface area contributed by atoms with Gasteiger partial charge in [0.05, 0.1) is 0 Å². The van der Waals surface area contributed by atoms with Gasteiger partial charge in [0.15, 0.2) is 0 Å². The van der Waals surface area contributed by atoms with Crippen molar-refractivity contribution in [3.63, 3.8) is 0 Å². The molecule has 1 N–H and O–H groups in total. The van der Waals surface area contributed by atoms with Crippen LogP contribution in [0.15, 0.2) is 0 Å². The number of carbonyl (C=O) groups excluding carboxylic acids is 1. The zero-order valence-corrected chi connectivity index (χ0v) is 11.3. The highest BCUT2D eigenvalue weighted by molar-refractivity contribution is 5.79. The number of amides is 1. The van der Waals surface area contributed by atoms with E-state index >= 15 is 0 Å². The van der Waals surface area contributed by atoms with Crippen molar-refractivity contribution in [2.75, 3.05) is 20.1 Å². The monoisotopic (exact) mass is 226 g/mol. The van der Waals surface area contributed by atoms with Crippen molar-refractivity contribution in [1.82, 2.24) is 10.2 Å². The molecule has 2 atom stereocenters. The summed E-state index contributed by atoms with van der Waals surface area (Å²) in [5, 5.41) is 3.23. The van der Waals surface area contributed by atoms with Gasteiger partial charge < -0.3 is 10.2 Å². The maximum atomic E-state index is 12.2. The van der Waals surface area contributed by atoms with Gasteiger partial charge in [0.1, 0.15) is 0 Å². The maximum absolute atomic E-state index is 12.2. The Kier molecular flexibility index (Phi) is 4.78. The number of nitrogens with one attached hydrogen (secondary N) is 1. The number of nitrogens with zero attached hydrogens (tertiary/aromatic N) is 1. The lowest BCUT2D eigenvalue weighted by Gasteiger charge is -2.36. The maximum Gasteiger partial charge on any atom is 0.225 e. The third-order valence-corrected chi connectivity index (χ3v) is 3.73. The molecule has 1 saturated heterocycles. The van der Waals surface area contributed by atoms with Gasteiger partial charge in [0.2, 0.25) is 5.91 Å². The van der Waals surface area contributed by atoms with E-state index in [1.165, 1.54) is 0 Å². The van der Waals surface area contributed by atoms with Gasteiger partial charge in [-0.3, -0.25) is 4.79 Å². The number of rotatable bonds is 5. The van der Waals surface area contributed by atoms with E-state index in [1.807, 2.05) is 11.9 Å². The molecule has 0 aromatic carbocycles. The minimum Gasteiger partial charge on any atom is -0.343 e. The summed E-state index contributed by atoms with van der Waals surface area (Å²) in [5.41, 5.74) is 0. The van der Waals surface area contributed by atoms with E-state index in [4.69, 9.17) is 0 Å². The van der Waals surface area contributed by atoms with Gasteiger partial charge in [0, 0.05) is 19.0 Å². The molecule has 0 aliphatic carbocycles. The summed E-state index contributed by atoms with van der Waals surface area (Å²) in [6.45, 7) is 10.6. The summed E-state index contributed by atoms with van der Waals surface area (Å²) in [6.07, 6.45) is 1.08. The Morgan fingerprint density at radius 3 is 2.25 bits per heavy atom. The van der Waals surface area contributed by atoms with Crippen molar-refractivity contribution in [2.24, 2.45) is 17.8 Å². The summed E-state index contributed by atoms with van der Waals surface area (Å²) in [4.78, 5) is 14.1. The van der Waals surface area contributed by atoms with Crippen LogP contribution in [0.2, 0.25) is 0 Å². The predicted octanol–water partition coefficient (Wildman–Crippen LogP) is 1.73. The molecule has 0 aromatic heterocycles. The minimum absolute atomic E-state index is 0.167. The van der Waals surface area contributed by atoms with E-state index in [9.17, 15) is 4.79 Å². The molecule has 3 heteroatoms. The molecule has 0 spiro atoms. The molecule has 94 valence electrons. The number of carbonyl (C=O) groups is 1. The van der Waals surface area contributed by atoms with E-state index in [1.54, 1.807) is 0 Å². The first kappa shape index (κ1) is 13.5. The molecule has 0 aromatic rings. The SMILES string of the molecule is CC(C)CC(C)N(C)C(=O)C(C)C1CNC1. The summed E-state index contributed by atoms with van der Waals surface area (Å²) < 4.78 is 0. The standard InChI is InChI=1S/C13H26N2O/c1-9(2)6-10(3)15(5)13(16)11(4)12-7-14-8-12/h9-12,14H,6-8H2,1-5H3. The Morgan fingerprint density at radius 2 is 1.88 bits per heavy atom. The van der Waals surface area contributed by atoms with Gasteiger partial charge in [-0.05, 0) is 38.3 Å². The lowest BCUT2D eigenvalue weighted by molar-refractivity contribution is -0.138. The van der Waals surface area contributed by atoms with Crippen molar-refractivity contribution >= 4 is 5.91 Å². The molecule has 1 aliphatic rings. The van der Waals surface area contributed by atoms with Crippen molar-refractivity contribution in [3.8, 4) is 0 Å². The van der Waals surface area contributed by atoms with Crippen molar-refractivity contribution in [2.45, 2.75) is 40.2 Å². The lowest BCUT2D eigenvalue weighted by atomic mass is 9.87. The second kappa shape index (κ2) is 5.67. The highest BCUT2D eigenvalue weighted by Gasteiger charge is 2.31. The fourth-order valence-electron chi connectivity index (χ4n) is 2.24. The highest BCUT2D eigenvalue weighted by atomic mass is 16.2. The van der Waals surface area contributed by atoms with Crippen molar-refractivity contribution in [1.29, 1.82) is 0 Å². The van der Waals surface area contributed by atoms with E-state index in [2.05, 4.69) is 33.0 Å². The quantitative estimate of drug-likeness (QED) is 0.774. The van der Waals surface area contributed by atoms with E-state index in [0.717, 1.165) is 19.5 Å². The predicted molar refractivity (Wildman–Crippen MR) is 67.2 cm³/mol. The highest BCUT2D eigenvalue weighted by Crippen LogP contribution is 2.20. The zero-order valence-electron chi connectivity index (χ0n) is 11.3. The Balaban J connectivity index is 2.45. The average molecular weight is 226 g/mol. The van der Waals surface area contributed by atoms with Gasteiger partial charge in [-0.1, -0.05) is 20.8 Å². The van der Waals surface area contributed by atoms with Crippen LogP contribution in [0.1, 0.15) is 34.1 Å². The molecule has 0 saturated carbocycles. The molecular weight excluding hydrogens is 200 g/mol. The van der Waals surface area contributed by atoms with E-state index in [0.29, 0.717) is 23.8 Å². The van der Waals surface area contributed by atoms with Crippen LogP contribution in [0.3, 0.4) is 0 Å². The van der Waals surface area contributed by atoms with Gasteiger partial charge >= 0.3 is 0 Å². The average Bonchev–Trinajstić information content (AvgIpc) is 2.11. The molecule has 1 fully saturated rings. The largest absolute Gasteiger partial charge is 0.343 e. The normalized spacial score (nSPS) is 20.4. The summed E-state index contributed by atoms with van der Waals surface area (Å²) >= 11 is 0. The van der Waals surface area contributed by atoms with Gasteiger partial charge in [-0.2, -0.15) is 0 Å². The lowest BCUT2D eigenvalue weighted by Crippen LogP contribution is -2.51. The number of hydrogen-bond acceptors (Lipinski definition) is 2. The molecule has 3 nitrogen and oxygen atoms in total. The van der Waals surface area contributed by atoms with Crippen LogP contribution >= 0.6 is 0 Å². The van der Waals surface area contributed by atoms with E-state index < -0.39 is 0 Å². The van der Waals surface area contributed by atoms with Crippen LogP contribution in [0.4, 0.5) is 0 Å². The van der Waals surface area contributed by atoms with Crippen LogP contribution in [0.25, 0.3) is 0 Å². The minimum atomic E-state index is 0.167. The molecule has 0 bridgehead atoms. The topological polar surface area (TPSA) is 32.3 Å². The fourth-order valence-corrected chi connectivity index (χ4v) is 2.24. The first-order valence-corrected chi connectivity index (χ1v) is 6.40. The molecule has 1 amide bonds. The Morgan fingerprint density at radius 1 is 1.31 bits per heavy atom. The summed E-state index contributed by atoms with van der Waals surface area (Å²) in [7, 11) is 1.94. The molecule has 1 heterocycles. The van der Waals surface area contributed by atoms with E-state index in [-0.39, 0.29) is 5.92 Å². The first-order chi connectivity index (χ1) is 7.43. The van der Waals surface area contributed by atoms with Gasteiger partial charge in [-0.25, -0.2) is 0 Å². The van der Waals surface area contributed by atoms with Crippen LogP contribution < -0.4 is 5.32 Å². The Labute approximate surface area is 99.6 Å².